The second-order valence-electron chi connectivity index (χ2n) is 5.82. The molecule has 7 nitrogen and oxygen atoms in total. The van der Waals surface area contributed by atoms with E-state index in [2.05, 4.69) is 9.47 Å². The monoisotopic (exact) mass is 314 g/mol. The molecule has 0 radical (unpaired) electrons. The lowest BCUT2D eigenvalue weighted by atomic mass is 9.83. The summed E-state index contributed by atoms with van der Waals surface area (Å²) < 4.78 is 9.16. The molecule has 0 bridgehead atoms. The highest BCUT2D eigenvalue weighted by atomic mass is 16.5. The van der Waals surface area contributed by atoms with Gasteiger partial charge in [0.25, 0.3) is 0 Å². The summed E-state index contributed by atoms with van der Waals surface area (Å²) in [5, 5.41) is 0. The first-order valence-electron chi connectivity index (χ1n) is 7.57. The van der Waals surface area contributed by atoms with Gasteiger partial charge < -0.3 is 15.2 Å². The van der Waals surface area contributed by atoms with E-state index in [-0.39, 0.29) is 31.5 Å². The maximum atomic E-state index is 12.2. The molecule has 2 N–H and O–H groups in total. The Hall–Kier alpha value is -1.47. The maximum Gasteiger partial charge on any atom is 0.319 e. The molecule has 0 aromatic heterocycles. The van der Waals surface area contributed by atoms with Gasteiger partial charge in [-0.1, -0.05) is 0 Å². The Balaban J connectivity index is 2.46. The Morgan fingerprint density at radius 2 is 1.45 bits per heavy atom. The van der Waals surface area contributed by atoms with Crippen molar-refractivity contribution in [2.45, 2.75) is 38.1 Å². The zero-order valence-electron chi connectivity index (χ0n) is 13.4. The van der Waals surface area contributed by atoms with Crippen molar-refractivity contribution in [2.75, 3.05) is 33.9 Å². The molecule has 0 spiro atoms. The van der Waals surface area contributed by atoms with Crippen LogP contribution in [0.2, 0.25) is 0 Å². The third-order valence-electron chi connectivity index (χ3n) is 3.97. The van der Waals surface area contributed by atoms with Gasteiger partial charge in [-0.2, -0.15) is 0 Å². The van der Waals surface area contributed by atoms with Crippen LogP contribution >= 0.6 is 0 Å². The zero-order valence-corrected chi connectivity index (χ0v) is 13.4. The summed E-state index contributed by atoms with van der Waals surface area (Å²) in [6.07, 6.45) is 4.28. The van der Waals surface area contributed by atoms with E-state index in [0.29, 0.717) is 12.3 Å². The molecule has 0 aliphatic heterocycles. The lowest BCUT2D eigenvalue weighted by Gasteiger charge is -2.26. The SMILES string of the molecule is COC(=O)CN(CC(=O)CC1CCC(N)CC1)CC(=O)OC. The van der Waals surface area contributed by atoms with Crippen molar-refractivity contribution >= 4 is 17.7 Å². The van der Waals surface area contributed by atoms with Crippen LogP contribution in [0.1, 0.15) is 32.1 Å². The summed E-state index contributed by atoms with van der Waals surface area (Å²) in [6.45, 7) is -0.160. The molecule has 126 valence electrons. The Bertz CT molecular complexity index is 373. The van der Waals surface area contributed by atoms with Crippen molar-refractivity contribution < 1.29 is 23.9 Å². The van der Waals surface area contributed by atoms with Gasteiger partial charge in [-0.3, -0.25) is 19.3 Å². The van der Waals surface area contributed by atoms with E-state index in [1.165, 1.54) is 19.1 Å². The molecular formula is C15H26N2O5. The highest BCUT2D eigenvalue weighted by molar-refractivity contribution is 5.82. The van der Waals surface area contributed by atoms with Gasteiger partial charge in [0.05, 0.1) is 33.9 Å². The molecule has 1 aliphatic rings. The van der Waals surface area contributed by atoms with Crippen molar-refractivity contribution in [2.24, 2.45) is 11.7 Å². The normalized spacial score (nSPS) is 21.5. The molecule has 0 amide bonds. The summed E-state index contributed by atoms with van der Waals surface area (Å²) >= 11 is 0. The average Bonchev–Trinajstić information content (AvgIpc) is 2.49. The quantitative estimate of drug-likeness (QED) is 0.635. The molecule has 7 heteroatoms. The van der Waals surface area contributed by atoms with Crippen LogP contribution in [0.15, 0.2) is 0 Å². The molecular weight excluding hydrogens is 288 g/mol. The molecule has 22 heavy (non-hydrogen) atoms. The van der Waals surface area contributed by atoms with Crippen LogP contribution in [0.3, 0.4) is 0 Å². The van der Waals surface area contributed by atoms with E-state index >= 15 is 0 Å². The molecule has 0 unspecified atom stereocenters. The summed E-state index contributed by atoms with van der Waals surface area (Å²) in [7, 11) is 2.54. The minimum Gasteiger partial charge on any atom is -0.468 e. The number of hydrogen-bond acceptors (Lipinski definition) is 7. The minimum atomic E-state index is -0.486. The molecule has 0 aromatic carbocycles. The predicted octanol–water partition coefficient (Wildman–Crippen LogP) is 0.111. The number of ketones is 1. The summed E-state index contributed by atoms with van der Waals surface area (Å²) in [5.41, 5.74) is 5.85. The number of esters is 2. The highest BCUT2D eigenvalue weighted by Crippen LogP contribution is 2.26. The van der Waals surface area contributed by atoms with E-state index in [9.17, 15) is 14.4 Å². The maximum absolute atomic E-state index is 12.2. The fraction of sp³-hybridized carbons (Fsp3) is 0.800. The third-order valence-corrected chi connectivity index (χ3v) is 3.97. The van der Waals surface area contributed by atoms with Crippen molar-refractivity contribution in [3.63, 3.8) is 0 Å². The summed E-state index contributed by atoms with van der Waals surface area (Å²) in [5.74, 6) is -0.598. The van der Waals surface area contributed by atoms with Gasteiger partial charge >= 0.3 is 11.9 Å². The van der Waals surface area contributed by atoms with E-state index < -0.39 is 11.9 Å². The first-order valence-corrected chi connectivity index (χ1v) is 7.57. The molecule has 0 aromatic rings. The van der Waals surface area contributed by atoms with E-state index in [1.54, 1.807) is 0 Å². The van der Waals surface area contributed by atoms with Gasteiger partial charge in [-0.15, -0.1) is 0 Å². The number of nitrogens with zero attached hydrogens (tertiary/aromatic N) is 1. The van der Waals surface area contributed by atoms with Crippen molar-refractivity contribution in [1.29, 1.82) is 0 Å². The molecule has 0 heterocycles. The van der Waals surface area contributed by atoms with E-state index in [1.807, 2.05) is 0 Å². The van der Waals surface area contributed by atoms with Crippen molar-refractivity contribution in [1.82, 2.24) is 4.90 Å². The Morgan fingerprint density at radius 1 is 0.955 bits per heavy atom. The van der Waals surface area contributed by atoms with Crippen LogP contribution in [-0.2, 0) is 23.9 Å². The molecule has 1 aliphatic carbocycles. The van der Waals surface area contributed by atoms with Crippen LogP contribution in [-0.4, -0.2) is 62.5 Å². The second kappa shape index (κ2) is 9.53. The largest absolute Gasteiger partial charge is 0.468 e. The second-order valence-corrected chi connectivity index (χ2v) is 5.82. The molecule has 1 saturated carbocycles. The fourth-order valence-corrected chi connectivity index (χ4v) is 2.69. The molecule has 0 saturated heterocycles. The molecule has 0 atom stereocenters. The van der Waals surface area contributed by atoms with Gasteiger partial charge in [0, 0.05) is 12.5 Å². The number of methoxy groups -OCH3 is 2. The predicted molar refractivity (Wildman–Crippen MR) is 80.0 cm³/mol. The van der Waals surface area contributed by atoms with E-state index in [4.69, 9.17) is 5.73 Å². The van der Waals surface area contributed by atoms with E-state index in [0.717, 1.165) is 25.7 Å². The molecule has 1 rings (SSSR count). The Morgan fingerprint density at radius 3 is 1.91 bits per heavy atom. The lowest BCUT2D eigenvalue weighted by Crippen LogP contribution is -2.39. The third kappa shape index (κ3) is 7.00. The van der Waals surface area contributed by atoms with Crippen LogP contribution in [0, 0.1) is 5.92 Å². The summed E-state index contributed by atoms with van der Waals surface area (Å²) in [4.78, 5) is 36.3. The van der Waals surface area contributed by atoms with Crippen LogP contribution < -0.4 is 5.73 Å². The summed E-state index contributed by atoms with van der Waals surface area (Å²) in [6, 6.07) is 0.251. The Labute approximate surface area is 131 Å². The Kier molecular flexibility index (Phi) is 8.05. The van der Waals surface area contributed by atoms with Gasteiger partial charge in [0.15, 0.2) is 0 Å². The number of nitrogens with two attached hydrogens (primary N) is 1. The van der Waals surface area contributed by atoms with Crippen LogP contribution in [0.5, 0.6) is 0 Å². The number of ether oxygens (including phenoxy) is 2. The first-order chi connectivity index (χ1) is 10.4. The first kappa shape index (κ1) is 18.6. The van der Waals surface area contributed by atoms with Crippen molar-refractivity contribution in [3.8, 4) is 0 Å². The topological polar surface area (TPSA) is 98.9 Å². The number of rotatable bonds is 8. The lowest BCUT2D eigenvalue weighted by molar-refractivity contribution is -0.145. The van der Waals surface area contributed by atoms with Gasteiger partial charge in [-0.05, 0) is 31.6 Å². The van der Waals surface area contributed by atoms with Crippen LogP contribution in [0.25, 0.3) is 0 Å². The van der Waals surface area contributed by atoms with Gasteiger partial charge in [0.2, 0.25) is 0 Å². The number of carbonyl (C=O) groups is 3. The smallest absolute Gasteiger partial charge is 0.319 e. The standard InChI is InChI=1S/C15H26N2O5/c1-21-14(19)9-17(10-15(20)22-2)8-13(18)7-11-3-5-12(16)6-4-11/h11-12H,3-10,16H2,1-2H3. The highest BCUT2D eigenvalue weighted by Gasteiger charge is 2.23. The zero-order chi connectivity index (χ0) is 16.5. The molecule has 1 fully saturated rings. The van der Waals surface area contributed by atoms with Crippen molar-refractivity contribution in [3.05, 3.63) is 0 Å². The van der Waals surface area contributed by atoms with Gasteiger partial charge in [-0.25, -0.2) is 0 Å². The van der Waals surface area contributed by atoms with Gasteiger partial charge in [0.1, 0.15) is 5.78 Å². The fourth-order valence-electron chi connectivity index (χ4n) is 2.69. The number of carbonyl (C=O) groups excluding carboxylic acids is 3. The van der Waals surface area contributed by atoms with Crippen LogP contribution in [0.4, 0.5) is 0 Å². The number of Topliss-reactive ketones (excluding diaryl/α,β-unsaturated/α-hetero) is 1. The average molecular weight is 314 g/mol. The minimum absolute atomic E-state index is 0.0216. The number of hydrogen-bond donors (Lipinski definition) is 1.